The largest absolute Gasteiger partial charge is 0.396 e. The van der Waals surface area contributed by atoms with E-state index >= 15 is 0 Å². The average molecular weight is 182 g/mol. The molecule has 0 fully saturated rings. The molecule has 0 saturated carbocycles. The molecule has 1 aromatic heterocycles. The van der Waals surface area contributed by atoms with Gasteiger partial charge in [0.2, 0.25) is 0 Å². The summed E-state index contributed by atoms with van der Waals surface area (Å²) in [6, 6.07) is 1.70. The van der Waals surface area contributed by atoms with Crippen LogP contribution in [0.1, 0.15) is 13.8 Å². The van der Waals surface area contributed by atoms with Crippen LogP contribution in [0.25, 0.3) is 0 Å². The van der Waals surface area contributed by atoms with Gasteiger partial charge in [-0.25, -0.2) is 9.78 Å². The smallest absolute Gasteiger partial charge is 0.347 e. The van der Waals surface area contributed by atoms with Crippen molar-refractivity contribution >= 4 is 0 Å². The lowest BCUT2D eigenvalue weighted by molar-refractivity contribution is 0.139. The number of hydrogen-bond acceptors (Lipinski definition) is 3. The van der Waals surface area contributed by atoms with Crippen molar-refractivity contribution in [2.45, 2.75) is 20.4 Å². The van der Waals surface area contributed by atoms with Crippen molar-refractivity contribution in [2.24, 2.45) is 5.41 Å². The Morgan fingerprint density at radius 3 is 2.85 bits per heavy atom. The van der Waals surface area contributed by atoms with E-state index in [1.807, 2.05) is 13.8 Å². The van der Waals surface area contributed by atoms with Gasteiger partial charge in [0.15, 0.2) is 0 Å². The maximum Gasteiger partial charge on any atom is 0.347 e. The molecule has 0 amide bonds. The molecule has 1 heterocycles. The van der Waals surface area contributed by atoms with Gasteiger partial charge in [-0.1, -0.05) is 13.8 Å². The first-order valence-corrected chi connectivity index (χ1v) is 4.17. The summed E-state index contributed by atoms with van der Waals surface area (Å²) >= 11 is 0. The summed E-state index contributed by atoms with van der Waals surface area (Å²) in [5.41, 5.74) is -0.559. The number of aromatic nitrogens is 2. The van der Waals surface area contributed by atoms with Gasteiger partial charge in [0.1, 0.15) is 0 Å². The normalized spacial score (nSPS) is 11.6. The molecule has 0 spiro atoms. The standard InChI is InChI=1S/C9H14N2O2/c1-9(2,7-12)6-11-5-3-4-10-8(11)13/h3-5,12H,6-7H2,1-2H3. The van der Waals surface area contributed by atoms with Gasteiger partial charge in [0, 0.05) is 31.0 Å². The van der Waals surface area contributed by atoms with E-state index in [0.717, 1.165) is 0 Å². The van der Waals surface area contributed by atoms with Crippen molar-refractivity contribution in [3.63, 3.8) is 0 Å². The first kappa shape index (κ1) is 9.92. The maximum absolute atomic E-state index is 11.2. The van der Waals surface area contributed by atoms with E-state index in [4.69, 9.17) is 5.11 Å². The fraction of sp³-hybridized carbons (Fsp3) is 0.556. The number of hydrogen-bond donors (Lipinski definition) is 1. The Morgan fingerprint density at radius 1 is 1.62 bits per heavy atom. The van der Waals surface area contributed by atoms with E-state index in [0.29, 0.717) is 6.54 Å². The predicted octanol–water partition coefficient (Wildman–Crippen LogP) is 0.262. The molecule has 0 atom stereocenters. The third-order valence-corrected chi connectivity index (χ3v) is 1.81. The minimum atomic E-state index is -0.285. The Labute approximate surface area is 76.9 Å². The van der Waals surface area contributed by atoms with Gasteiger partial charge in [0.25, 0.3) is 0 Å². The molecule has 0 aliphatic rings. The Hall–Kier alpha value is -1.16. The minimum absolute atomic E-state index is 0.0499. The molecule has 4 nitrogen and oxygen atoms in total. The van der Waals surface area contributed by atoms with Gasteiger partial charge in [-0.2, -0.15) is 0 Å². The first-order valence-electron chi connectivity index (χ1n) is 4.17. The molecule has 1 aromatic rings. The van der Waals surface area contributed by atoms with Crippen LogP contribution in [0.4, 0.5) is 0 Å². The number of aliphatic hydroxyl groups is 1. The Bertz CT molecular complexity index is 330. The van der Waals surface area contributed by atoms with Crippen LogP contribution < -0.4 is 5.69 Å². The third kappa shape index (κ3) is 2.66. The van der Waals surface area contributed by atoms with Gasteiger partial charge in [-0.3, -0.25) is 4.57 Å². The molecule has 0 saturated heterocycles. The summed E-state index contributed by atoms with van der Waals surface area (Å²) in [5.74, 6) is 0. The minimum Gasteiger partial charge on any atom is -0.396 e. The zero-order valence-corrected chi connectivity index (χ0v) is 7.90. The van der Waals surface area contributed by atoms with Gasteiger partial charge in [-0.05, 0) is 6.07 Å². The highest BCUT2D eigenvalue weighted by molar-refractivity contribution is 4.83. The second-order valence-electron chi connectivity index (χ2n) is 3.85. The topological polar surface area (TPSA) is 55.1 Å². The van der Waals surface area contributed by atoms with E-state index < -0.39 is 0 Å². The summed E-state index contributed by atoms with van der Waals surface area (Å²) in [5, 5.41) is 9.01. The number of aliphatic hydroxyl groups excluding tert-OH is 1. The quantitative estimate of drug-likeness (QED) is 0.729. The monoisotopic (exact) mass is 182 g/mol. The van der Waals surface area contributed by atoms with Crippen molar-refractivity contribution in [3.05, 3.63) is 28.9 Å². The summed E-state index contributed by atoms with van der Waals surface area (Å²) < 4.78 is 1.50. The highest BCUT2D eigenvalue weighted by Gasteiger charge is 2.17. The molecule has 1 N–H and O–H groups in total. The molecule has 0 bridgehead atoms. The molecule has 0 radical (unpaired) electrons. The Kier molecular flexibility index (Phi) is 2.83. The van der Waals surface area contributed by atoms with Crippen LogP contribution in [0, 0.1) is 5.41 Å². The lowest BCUT2D eigenvalue weighted by Gasteiger charge is -2.21. The molecule has 0 aliphatic heterocycles. The predicted molar refractivity (Wildman–Crippen MR) is 49.4 cm³/mol. The lowest BCUT2D eigenvalue weighted by Crippen LogP contribution is -2.31. The summed E-state index contributed by atoms with van der Waals surface area (Å²) in [6.07, 6.45) is 3.14. The molecule has 0 aliphatic carbocycles. The summed E-state index contributed by atoms with van der Waals surface area (Å²) in [4.78, 5) is 14.8. The fourth-order valence-electron chi connectivity index (χ4n) is 1.02. The molecular formula is C9H14N2O2. The molecule has 0 unspecified atom stereocenters. The molecule has 0 aromatic carbocycles. The molecular weight excluding hydrogens is 168 g/mol. The summed E-state index contributed by atoms with van der Waals surface area (Å²) in [7, 11) is 0. The SMILES string of the molecule is CC(C)(CO)Cn1cccnc1=O. The molecule has 13 heavy (non-hydrogen) atoms. The highest BCUT2D eigenvalue weighted by atomic mass is 16.3. The van der Waals surface area contributed by atoms with Crippen LogP contribution in [0.15, 0.2) is 23.3 Å². The van der Waals surface area contributed by atoms with Crippen LogP contribution in [-0.4, -0.2) is 21.3 Å². The Balaban J connectivity index is 2.87. The second-order valence-corrected chi connectivity index (χ2v) is 3.85. The van der Waals surface area contributed by atoms with Gasteiger partial charge >= 0.3 is 5.69 Å². The van der Waals surface area contributed by atoms with E-state index in [1.54, 1.807) is 12.3 Å². The highest BCUT2D eigenvalue weighted by Crippen LogP contribution is 2.14. The van der Waals surface area contributed by atoms with Crippen LogP contribution in [0.5, 0.6) is 0 Å². The van der Waals surface area contributed by atoms with Crippen LogP contribution in [0.2, 0.25) is 0 Å². The van der Waals surface area contributed by atoms with Crippen molar-refractivity contribution < 1.29 is 5.11 Å². The number of rotatable bonds is 3. The molecule has 1 rings (SSSR count). The fourth-order valence-corrected chi connectivity index (χ4v) is 1.02. The van der Waals surface area contributed by atoms with E-state index in [-0.39, 0.29) is 17.7 Å². The van der Waals surface area contributed by atoms with Crippen molar-refractivity contribution in [1.29, 1.82) is 0 Å². The Morgan fingerprint density at radius 2 is 2.31 bits per heavy atom. The van der Waals surface area contributed by atoms with Gasteiger partial charge in [-0.15, -0.1) is 0 Å². The van der Waals surface area contributed by atoms with Crippen LogP contribution in [-0.2, 0) is 6.54 Å². The van der Waals surface area contributed by atoms with Crippen LogP contribution >= 0.6 is 0 Å². The van der Waals surface area contributed by atoms with Crippen molar-refractivity contribution in [2.75, 3.05) is 6.61 Å². The van der Waals surface area contributed by atoms with E-state index in [2.05, 4.69) is 4.98 Å². The van der Waals surface area contributed by atoms with E-state index in [9.17, 15) is 4.79 Å². The van der Waals surface area contributed by atoms with Gasteiger partial charge in [0.05, 0.1) is 0 Å². The lowest BCUT2D eigenvalue weighted by atomic mass is 9.95. The molecule has 4 heteroatoms. The molecule has 72 valence electrons. The number of nitrogens with zero attached hydrogens (tertiary/aromatic N) is 2. The second kappa shape index (κ2) is 3.70. The van der Waals surface area contributed by atoms with Crippen molar-refractivity contribution in [1.82, 2.24) is 9.55 Å². The third-order valence-electron chi connectivity index (χ3n) is 1.81. The van der Waals surface area contributed by atoms with E-state index in [1.165, 1.54) is 10.8 Å². The first-order chi connectivity index (χ1) is 6.05. The zero-order chi connectivity index (χ0) is 9.90. The average Bonchev–Trinajstić information content (AvgIpc) is 2.09. The van der Waals surface area contributed by atoms with Gasteiger partial charge < -0.3 is 5.11 Å². The maximum atomic E-state index is 11.2. The van der Waals surface area contributed by atoms with Crippen LogP contribution in [0.3, 0.4) is 0 Å². The summed E-state index contributed by atoms with van der Waals surface area (Å²) in [6.45, 7) is 4.32. The van der Waals surface area contributed by atoms with Crippen molar-refractivity contribution in [3.8, 4) is 0 Å². The zero-order valence-electron chi connectivity index (χ0n) is 7.90.